The zero-order valence-electron chi connectivity index (χ0n) is 20.8. The molecule has 1 aromatic rings. The molecule has 2 atom stereocenters. The molecule has 0 radical (unpaired) electrons. The van der Waals surface area contributed by atoms with Crippen molar-refractivity contribution in [2.24, 2.45) is 0 Å². The summed E-state index contributed by atoms with van der Waals surface area (Å²) in [6.07, 6.45) is 15.7. The van der Waals surface area contributed by atoms with E-state index >= 15 is 0 Å². The number of benzene rings is 1. The van der Waals surface area contributed by atoms with Crippen molar-refractivity contribution in [1.82, 2.24) is 0 Å². The fourth-order valence-corrected chi connectivity index (χ4v) is 3.68. The Morgan fingerprint density at radius 1 is 0.912 bits per heavy atom. The lowest BCUT2D eigenvalue weighted by Crippen LogP contribution is -2.13. The van der Waals surface area contributed by atoms with Gasteiger partial charge in [-0.15, -0.1) is 0 Å². The zero-order valence-corrected chi connectivity index (χ0v) is 20.8. The van der Waals surface area contributed by atoms with Crippen molar-refractivity contribution < 1.29 is 29.0 Å². The number of carboxylic acids is 1. The van der Waals surface area contributed by atoms with Crippen molar-refractivity contribution in [3.8, 4) is 0 Å². The first kappa shape index (κ1) is 29.1. The monoisotopic (exact) mass is 472 g/mol. The lowest BCUT2D eigenvalue weighted by Gasteiger charge is -2.17. The SMILES string of the molecule is CCCCCCCC[C@@H](/C=C/C=C/c1cccc([C@H](CCCC(=O)O)OC(C)=O)c1)OC(C)=O. The molecule has 34 heavy (non-hydrogen) atoms. The van der Waals surface area contributed by atoms with E-state index in [0.29, 0.717) is 12.8 Å². The summed E-state index contributed by atoms with van der Waals surface area (Å²) in [5, 5.41) is 8.87. The average molecular weight is 473 g/mol. The number of aliphatic carboxylic acids is 1. The maximum atomic E-state index is 11.5. The van der Waals surface area contributed by atoms with Crippen molar-refractivity contribution in [3.05, 3.63) is 53.6 Å². The summed E-state index contributed by atoms with van der Waals surface area (Å²) >= 11 is 0. The van der Waals surface area contributed by atoms with Gasteiger partial charge in [-0.05, 0) is 49.0 Å². The van der Waals surface area contributed by atoms with E-state index in [4.69, 9.17) is 14.6 Å². The van der Waals surface area contributed by atoms with Gasteiger partial charge in [-0.2, -0.15) is 0 Å². The topological polar surface area (TPSA) is 89.9 Å². The second-order valence-corrected chi connectivity index (χ2v) is 8.50. The van der Waals surface area contributed by atoms with Crippen molar-refractivity contribution in [1.29, 1.82) is 0 Å². The minimum absolute atomic E-state index is 0.0321. The van der Waals surface area contributed by atoms with Gasteiger partial charge in [0, 0.05) is 20.3 Å². The quantitative estimate of drug-likeness (QED) is 0.152. The van der Waals surface area contributed by atoms with E-state index in [-0.39, 0.29) is 18.5 Å². The predicted molar refractivity (Wildman–Crippen MR) is 134 cm³/mol. The van der Waals surface area contributed by atoms with E-state index in [1.165, 1.54) is 39.5 Å². The van der Waals surface area contributed by atoms with Crippen LogP contribution in [-0.4, -0.2) is 29.1 Å². The predicted octanol–water partition coefficient (Wildman–Crippen LogP) is 6.80. The van der Waals surface area contributed by atoms with Gasteiger partial charge in [0.15, 0.2) is 0 Å². The highest BCUT2D eigenvalue weighted by Gasteiger charge is 2.15. The molecule has 6 heteroatoms. The highest BCUT2D eigenvalue weighted by Crippen LogP contribution is 2.25. The highest BCUT2D eigenvalue weighted by atomic mass is 16.5. The van der Waals surface area contributed by atoms with Gasteiger partial charge in [-0.3, -0.25) is 14.4 Å². The number of rotatable bonds is 17. The first-order valence-corrected chi connectivity index (χ1v) is 12.3. The molecule has 0 aliphatic heterocycles. The van der Waals surface area contributed by atoms with E-state index in [1.54, 1.807) is 0 Å². The van der Waals surface area contributed by atoms with Crippen LogP contribution in [0.3, 0.4) is 0 Å². The molecule has 0 amide bonds. The maximum absolute atomic E-state index is 11.5. The fourth-order valence-electron chi connectivity index (χ4n) is 3.68. The second kappa shape index (κ2) is 17.6. The van der Waals surface area contributed by atoms with Gasteiger partial charge in [0.05, 0.1) is 0 Å². The molecule has 0 saturated carbocycles. The minimum Gasteiger partial charge on any atom is -0.481 e. The number of esters is 2. The Balaban J connectivity index is 2.72. The maximum Gasteiger partial charge on any atom is 0.303 e. The summed E-state index contributed by atoms with van der Waals surface area (Å²) in [6, 6.07) is 7.62. The summed E-state index contributed by atoms with van der Waals surface area (Å²) in [4.78, 5) is 33.7. The first-order valence-electron chi connectivity index (χ1n) is 12.3. The molecular formula is C28H40O6. The van der Waals surface area contributed by atoms with Crippen LogP contribution in [0.15, 0.2) is 42.5 Å². The molecule has 0 fully saturated rings. The van der Waals surface area contributed by atoms with Gasteiger partial charge in [0.2, 0.25) is 0 Å². The third kappa shape index (κ3) is 14.3. The molecule has 0 unspecified atom stereocenters. The Morgan fingerprint density at radius 2 is 1.62 bits per heavy atom. The molecule has 0 aliphatic carbocycles. The van der Waals surface area contributed by atoms with Crippen LogP contribution < -0.4 is 0 Å². The van der Waals surface area contributed by atoms with Crippen LogP contribution in [0.5, 0.6) is 0 Å². The number of hydrogen-bond donors (Lipinski definition) is 1. The van der Waals surface area contributed by atoms with E-state index in [1.807, 2.05) is 48.6 Å². The Bertz CT molecular complexity index is 811. The third-order valence-corrected chi connectivity index (χ3v) is 5.33. The summed E-state index contributed by atoms with van der Waals surface area (Å²) in [6.45, 7) is 4.98. The summed E-state index contributed by atoms with van der Waals surface area (Å²) < 4.78 is 10.8. The number of unbranched alkanes of at least 4 members (excludes halogenated alkanes) is 5. The Labute approximate surface area is 204 Å². The number of allylic oxidation sites excluding steroid dienone is 2. The lowest BCUT2D eigenvalue weighted by molar-refractivity contribution is -0.147. The normalized spacial score (nSPS) is 13.1. The van der Waals surface area contributed by atoms with E-state index in [0.717, 1.165) is 30.4 Å². The van der Waals surface area contributed by atoms with Crippen LogP contribution in [-0.2, 0) is 23.9 Å². The largest absolute Gasteiger partial charge is 0.481 e. The van der Waals surface area contributed by atoms with Gasteiger partial charge in [0.25, 0.3) is 0 Å². The number of ether oxygens (including phenoxy) is 2. The average Bonchev–Trinajstić information content (AvgIpc) is 2.77. The first-order chi connectivity index (χ1) is 16.3. The Kier molecular flexibility index (Phi) is 15.1. The van der Waals surface area contributed by atoms with E-state index < -0.39 is 18.0 Å². The van der Waals surface area contributed by atoms with E-state index in [9.17, 15) is 14.4 Å². The lowest BCUT2D eigenvalue weighted by atomic mass is 10.0. The van der Waals surface area contributed by atoms with Crippen molar-refractivity contribution in [2.75, 3.05) is 0 Å². The van der Waals surface area contributed by atoms with Crippen molar-refractivity contribution in [2.45, 2.75) is 97.2 Å². The van der Waals surface area contributed by atoms with Crippen molar-refractivity contribution in [3.63, 3.8) is 0 Å². The van der Waals surface area contributed by atoms with Gasteiger partial charge >= 0.3 is 17.9 Å². The zero-order chi connectivity index (χ0) is 25.2. The summed E-state index contributed by atoms with van der Waals surface area (Å²) in [7, 11) is 0. The summed E-state index contributed by atoms with van der Waals surface area (Å²) in [5.41, 5.74) is 1.75. The van der Waals surface area contributed by atoms with Crippen LogP contribution in [0.2, 0.25) is 0 Å². The molecule has 0 bridgehead atoms. The molecule has 0 heterocycles. The minimum atomic E-state index is -0.867. The number of hydrogen-bond acceptors (Lipinski definition) is 5. The molecule has 0 aromatic heterocycles. The second-order valence-electron chi connectivity index (χ2n) is 8.50. The molecule has 0 saturated heterocycles. The van der Waals surface area contributed by atoms with Gasteiger partial charge in [-0.1, -0.05) is 75.5 Å². The molecule has 1 aromatic carbocycles. The van der Waals surface area contributed by atoms with Crippen LogP contribution in [0, 0.1) is 0 Å². The summed E-state index contributed by atoms with van der Waals surface area (Å²) in [5.74, 6) is -1.54. The smallest absolute Gasteiger partial charge is 0.303 e. The van der Waals surface area contributed by atoms with Crippen LogP contribution >= 0.6 is 0 Å². The molecule has 6 nitrogen and oxygen atoms in total. The molecule has 0 spiro atoms. The molecule has 188 valence electrons. The van der Waals surface area contributed by atoms with Crippen molar-refractivity contribution >= 4 is 24.0 Å². The van der Waals surface area contributed by atoms with Crippen LogP contribution in [0.1, 0.15) is 102 Å². The Hall–Kier alpha value is -2.89. The van der Waals surface area contributed by atoms with Crippen LogP contribution in [0.25, 0.3) is 6.08 Å². The molecule has 1 N–H and O–H groups in total. The van der Waals surface area contributed by atoms with Gasteiger partial charge < -0.3 is 14.6 Å². The number of carbonyl (C=O) groups excluding carboxylic acids is 2. The number of carbonyl (C=O) groups is 3. The Morgan fingerprint density at radius 3 is 2.29 bits per heavy atom. The third-order valence-electron chi connectivity index (χ3n) is 5.33. The van der Waals surface area contributed by atoms with Gasteiger partial charge in [-0.25, -0.2) is 0 Å². The fraction of sp³-hybridized carbons (Fsp3) is 0.536. The van der Waals surface area contributed by atoms with Crippen LogP contribution in [0.4, 0.5) is 0 Å². The molecular weight excluding hydrogens is 432 g/mol. The van der Waals surface area contributed by atoms with E-state index in [2.05, 4.69) is 6.92 Å². The highest BCUT2D eigenvalue weighted by molar-refractivity contribution is 5.67. The number of carboxylic acid groups (broad SMARTS) is 1. The molecule has 1 rings (SSSR count). The van der Waals surface area contributed by atoms with Gasteiger partial charge in [0.1, 0.15) is 12.2 Å². The standard InChI is InChI=1S/C28H40O6/c1-4-5-6-7-8-9-17-26(33-22(2)29)18-11-10-14-24-15-12-16-25(21-24)27(34-23(3)30)19-13-20-28(31)32/h10-12,14-16,18,21,26-27H,4-9,13,17,19-20H2,1-3H3,(H,31,32)/b14-10+,18-11+/t26-,27-/m0/s1. The molecule has 0 aliphatic rings.